The fourth-order valence-corrected chi connectivity index (χ4v) is 4.35. The van der Waals surface area contributed by atoms with Crippen molar-refractivity contribution in [2.45, 2.75) is 24.3 Å². The minimum absolute atomic E-state index is 0.330. The molecular formula is C15H17Cl2NS2. The van der Waals surface area contributed by atoms with E-state index < -0.39 is 0 Å². The Labute approximate surface area is 138 Å². The van der Waals surface area contributed by atoms with E-state index in [1.54, 1.807) is 11.3 Å². The Hall–Kier alpha value is -0.190. The molecule has 0 aliphatic carbocycles. The van der Waals surface area contributed by atoms with Crippen LogP contribution in [-0.2, 0) is 0 Å². The van der Waals surface area contributed by atoms with E-state index in [9.17, 15) is 0 Å². The molecule has 1 atom stereocenters. The minimum Gasteiger partial charge on any atom is -0.309 e. The van der Waals surface area contributed by atoms with E-state index in [1.807, 2.05) is 36.0 Å². The summed E-state index contributed by atoms with van der Waals surface area (Å²) in [4.78, 5) is 2.49. The first-order chi connectivity index (χ1) is 9.69. The highest BCUT2D eigenvalue weighted by Gasteiger charge is 2.13. The maximum atomic E-state index is 6.04. The predicted octanol–water partition coefficient (Wildman–Crippen LogP) is 5.89. The molecule has 2 aromatic rings. The number of rotatable bonds is 7. The van der Waals surface area contributed by atoms with Crippen molar-refractivity contribution in [3.63, 3.8) is 0 Å². The Morgan fingerprint density at radius 2 is 2.10 bits per heavy atom. The van der Waals surface area contributed by atoms with Crippen molar-refractivity contribution in [1.82, 2.24) is 5.32 Å². The first-order valence-corrected chi connectivity index (χ1v) is 9.12. The lowest BCUT2D eigenvalue weighted by Crippen LogP contribution is -2.23. The van der Waals surface area contributed by atoms with Gasteiger partial charge >= 0.3 is 0 Å². The van der Waals surface area contributed by atoms with Gasteiger partial charge in [-0.3, -0.25) is 0 Å². The van der Waals surface area contributed by atoms with Crippen molar-refractivity contribution in [3.8, 4) is 0 Å². The van der Waals surface area contributed by atoms with Crippen LogP contribution < -0.4 is 5.32 Å². The Kier molecular flexibility index (Phi) is 6.72. The summed E-state index contributed by atoms with van der Waals surface area (Å²) in [5, 5.41) is 4.37. The van der Waals surface area contributed by atoms with Gasteiger partial charge in [-0.1, -0.05) is 36.2 Å². The lowest BCUT2D eigenvalue weighted by atomic mass is 10.2. The van der Waals surface area contributed by atoms with Gasteiger partial charge in [0.05, 0.1) is 10.4 Å². The second kappa shape index (κ2) is 8.30. The van der Waals surface area contributed by atoms with Crippen LogP contribution in [0.5, 0.6) is 0 Å². The molecule has 1 unspecified atom stereocenters. The van der Waals surface area contributed by atoms with E-state index in [-0.39, 0.29) is 0 Å². The Morgan fingerprint density at radius 1 is 1.25 bits per heavy atom. The van der Waals surface area contributed by atoms with Crippen molar-refractivity contribution >= 4 is 46.3 Å². The number of nitrogens with one attached hydrogen (secondary N) is 1. The largest absolute Gasteiger partial charge is 0.309 e. The van der Waals surface area contributed by atoms with Crippen LogP contribution in [0.4, 0.5) is 0 Å². The molecule has 0 saturated heterocycles. The number of thioether (sulfide) groups is 1. The van der Waals surface area contributed by atoms with E-state index >= 15 is 0 Å². The van der Waals surface area contributed by atoms with Crippen molar-refractivity contribution in [2.24, 2.45) is 0 Å². The van der Waals surface area contributed by atoms with Crippen LogP contribution in [0.2, 0.25) is 9.36 Å². The first kappa shape index (κ1) is 16.2. The Balaban J connectivity index is 2.00. The summed E-state index contributed by atoms with van der Waals surface area (Å²) in [7, 11) is 0. The molecule has 0 spiro atoms. The zero-order chi connectivity index (χ0) is 14.4. The molecule has 0 aliphatic rings. The van der Waals surface area contributed by atoms with Crippen LogP contribution in [0, 0.1) is 0 Å². The highest BCUT2D eigenvalue weighted by molar-refractivity contribution is 7.99. The lowest BCUT2D eigenvalue weighted by molar-refractivity contribution is 0.585. The van der Waals surface area contributed by atoms with Gasteiger partial charge in [0.15, 0.2) is 0 Å². The zero-order valence-electron chi connectivity index (χ0n) is 11.2. The molecule has 1 nitrogen and oxygen atoms in total. The molecule has 0 radical (unpaired) electrons. The summed E-state index contributed by atoms with van der Waals surface area (Å²) in [6, 6.07) is 12.4. The number of halogens is 2. The third-order valence-corrected chi connectivity index (χ3v) is 5.46. The summed E-state index contributed by atoms with van der Waals surface area (Å²) < 4.78 is 0.844. The highest BCUT2D eigenvalue weighted by Crippen LogP contribution is 2.31. The molecule has 1 heterocycles. The van der Waals surface area contributed by atoms with E-state index in [0.717, 1.165) is 28.1 Å². The van der Waals surface area contributed by atoms with Crippen molar-refractivity contribution in [1.29, 1.82) is 0 Å². The molecule has 0 fully saturated rings. The SMILES string of the molecule is CCCNC(CSc1cccc(Cl)c1)c1ccc(Cl)s1. The van der Waals surface area contributed by atoms with Gasteiger partial charge in [0.1, 0.15) is 0 Å². The summed E-state index contributed by atoms with van der Waals surface area (Å²) in [6.45, 7) is 3.19. The second-order valence-electron chi connectivity index (χ2n) is 4.42. The molecule has 0 bridgehead atoms. The van der Waals surface area contributed by atoms with Gasteiger partial charge < -0.3 is 5.32 Å². The standard InChI is InChI=1S/C15H17Cl2NS2/c1-2-8-18-13(14-6-7-15(17)20-14)10-19-12-5-3-4-11(16)9-12/h3-7,9,13,18H,2,8,10H2,1H3. The second-order valence-corrected chi connectivity index (χ2v) is 7.69. The summed E-state index contributed by atoms with van der Waals surface area (Å²) in [5.41, 5.74) is 0. The van der Waals surface area contributed by atoms with Crippen molar-refractivity contribution in [2.75, 3.05) is 12.3 Å². The Morgan fingerprint density at radius 3 is 2.75 bits per heavy atom. The normalized spacial score (nSPS) is 12.6. The lowest BCUT2D eigenvalue weighted by Gasteiger charge is -2.16. The van der Waals surface area contributed by atoms with Crippen LogP contribution in [0.3, 0.4) is 0 Å². The maximum Gasteiger partial charge on any atom is 0.0931 e. The molecule has 0 aliphatic heterocycles. The third-order valence-electron chi connectivity index (χ3n) is 2.79. The number of hydrogen-bond acceptors (Lipinski definition) is 3. The summed E-state index contributed by atoms with van der Waals surface area (Å²) >= 11 is 15.5. The van der Waals surface area contributed by atoms with Crippen LogP contribution in [0.25, 0.3) is 0 Å². The molecule has 5 heteroatoms. The fraction of sp³-hybridized carbons (Fsp3) is 0.333. The van der Waals surface area contributed by atoms with Crippen LogP contribution >= 0.6 is 46.3 Å². The average molecular weight is 346 g/mol. The minimum atomic E-state index is 0.330. The van der Waals surface area contributed by atoms with Crippen LogP contribution in [-0.4, -0.2) is 12.3 Å². The Bertz CT molecular complexity index is 542. The molecule has 20 heavy (non-hydrogen) atoms. The van der Waals surface area contributed by atoms with E-state index in [1.165, 1.54) is 9.77 Å². The van der Waals surface area contributed by atoms with Gasteiger partial charge in [0.25, 0.3) is 0 Å². The molecule has 108 valence electrons. The third kappa shape index (κ3) is 4.97. The van der Waals surface area contributed by atoms with Gasteiger partial charge in [-0.2, -0.15) is 0 Å². The molecule has 1 N–H and O–H groups in total. The molecular weight excluding hydrogens is 329 g/mol. The number of hydrogen-bond donors (Lipinski definition) is 1. The predicted molar refractivity (Wildman–Crippen MR) is 92.5 cm³/mol. The van der Waals surface area contributed by atoms with Gasteiger partial charge in [-0.15, -0.1) is 23.1 Å². The molecule has 0 amide bonds. The summed E-state index contributed by atoms with van der Waals surface area (Å²) in [6.07, 6.45) is 1.12. The fourth-order valence-electron chi connectivity index (χ4n) is 1.81. The summed E-state index contributed by atoms with van der Waals surface area (Å²) in [5.74, 6) is 0.969. The number of benzene rings is 1. The maximum absolute atomic E-state index is 6.04. The quantitative estimate of drug-likeness (QED) is 0.628. The van der Waals surface area contributed by atoms with E-state index in [4.69, 9.17) is 23.2 Å². The molecule has 1 aromatic heterocycles. The van der Waals surface area contributed by atoms with Gasteiger partial charge in [-0.05, 0) is 43.3 Å². The van der Waals surface area contributed by atoms with E-state index in [2.05, 4.69) is 24.4 Å². The first-order valence-electron chi connectivity index (χ1n) is 6.56. The topological polar surface area (TPSA) is 12.0 Å². The van der Waals surface area contributed by atoms with Gasteiger partial charge in [-0.25, -0.2) is 0 Å². The molecule has 2 rings (SSSR count). The monoisotopic (exact) mass is 345 g/mol. The van der Waals surface area contributed by atoms with E-state index in [0.29, 0.717) is 6.04 Å². The average Bonchev–Trinajstić information content (AvgIpc) is 2.85. The van der Waals surface area contributed by atoms with Crippen molar-refractivity contribution in [3.05, 3.63) is 50.6 Å². The van der Waals surface area contributed by atoms with Crippen LogP contribution in [0.15, 0.2) is 41.3 Å². The van der Waals surface area contributed by atoms with Crippen LogP contribution in [0.1, 0.15) is 24.3 Å². The molecule has 1 aromatic carbocycles. The van der Waals surface area contributed by atoms with Crippen molar-refractivity contribution < 1.29 is 0 Å². The van der Waals surface area contributed by atoms with Gasteiger partial charge in [0.2, 0.25) is 0 Å². The highest BCUT2D eigenvalue weighted by atomic mass is 35.5. The van der Waals surface area contributed by atoms with Gasteiger partial charge in [0, 0.05) is 20.5 Å². The number of thiophene rings is 1. The zero-order valence-corrected chi connectivity index (χ0v) is 14.4. The smallest absolute Gasteiger partial charge is 0.0931 e. The molecule has 0 saturated carbocycles.